The smallest absolute Gasteiger partial charge is 0.248 e. The normalized spacial score (nSPS) is 21.1. The van der Waals surface area contributed by atoms with E-state index in [0.717, 1.165) is 51.4 Å². The summed E-state index contributed by atoms with van der Waals surface area (Å²) in [7, 11) is 1.72. The number of benzene rings is 3. The largest absolute Gasteiger partial charge is 0.497 e. The van der Waals surface area contributed by atoms with Gasteiger partial charge < -0.3 is 15.4 Å². The molecule has 1 spiro atoms. The molecule has 2 N–H and O–H groups in total. The van der Waals surface area contributed by atoms with Crippen molar-refractivity contribution in [3.05, 3.63) is 95.1 Å². The maximum absolute atomic E-state index is 11.4. The number of nitrogens with zero attached hydrogens (tertiary/aromatic N) is 3. The molecule has 0 bridgehead atoms. The maximum atomic E-state index is 11.4. The van der Waals surface area contributed by atoms with Crippen LogP contribution in [0.2, 0.25) is 0 Å². The second-order valence-corrected chi connectivity index (χ2v) is 12.8. The molecular weight excluding hydrogens is 508 g/mol. The van der Waals surface area contributed by atoms with Gasteiger partial charge in [0.05, 0.1) is 7.11 Å². The summed E-state index contributed by atoms with van der Waals surface area (Å²) in [6, 6.07) is 26.5. The highest BCUT2D eigenvalue weighted by Crippen LogP contribution is 2.53. The van der Waals surface area contributed by atoms with Crippen molar-refractivity contribution in [1.29, 1.82) is 0 Å². The van der Waals surface area contributed by atoms with E-state index >= 15 is 0 Å². The summed E-state index contributed by atoms with van der Waals surface area (Å²) in [5.41, 5.74) is 12.0. The van der Waals surface area contributed by atoms with Crippen molar-refractivity contribution in [3.63, 3.8) is 0 Å². The van der Waals surface area contributed by atoms with Gasteiger partial charge in [-0.3, -0.25) is 14.6 Å². The number of rotatable bonds is 9. The molecule has 1 saturated carbocycles. The Morgan fingerprint density at radius 3 is 2.34 bits per heavy atom. The van der Waals surface area contributed by atoms with E-state index in [9.17, 15) is 4.79 Å². The Labute approximate surface area is 245 Å². The Morgan fingerprint density at radius 2 is 1.68 bits per heavy atom. The monoisotopic (exact) mass is 552 g/mol. The standard InChI is InChI=1S/C35H44N4O2/c1-25(2)31-6-4-5-7-32(31)33-22-37(17-16-26-8-14-30(41-3)15-9-26)18-19-39(33)29-20-35(21-29)23-38(24-35)28-12-10-27(11-13-28)34(36)40/h4-15,25,29,33H,16-24H2,1-3H3,(H2,36,40). The van der Waals surface area contributed by atoms with E-state index in [1.54, 1.807) is 7.11 Å². The summed E-state index contributed by atoms with van der Waals surface area (Å²) in [5.74, 6) is 1.06. The summed E-state index contributed by atoms with van der Waals surface area (Å²) in [6.07, 6.45) is 3.61. The van der Waals surface area contributed by atoms with Crippen LogP contribution < -0.4 is 15.4 Å². The van der Waals surface area contributed by atoms with E-state index in [2.05, 4.69) is 77.1 Å². The molecule has 3 aromatic rings. The molecule has 1 unspecified atom stereocenters. The Morgan fingerprint density at radius 1 is 0.976 bits per heavy atom. The number of ether oxygens (including phenoxy) is 1. The van der Waals surface area contributed by atoms with Gasteiger partial charge in [-0.05, 0) is 78.3 Å². The lowest BCUT2D eigenvalue weighted by molar-refractivity contribution is -0.0634. The third kappa shape index (κ3) is 5.73. The van der Waals surface area contributed by atoms with Gasteiger partial charge in [-0.1, -0.05) is 50.2 Å². The van der Waals surface area contributed by atoms with Crippen LogP contribution in [0.1, 0.15) is 65.7 Å². The molecule has 2 aliphatic heterocycles. The molecule has 6 nitrogen and oxygen atoms in total. The zero-order chi connectivity index (χ0) is 28.6. The average molecular weight is 553 g/mol. The molecule has 1 aliphatic carbocycles. The molecule has 0 radical (unpaired) electrons. The Bertz CT molecular complexity index is 1340. The quantitative estimate of drug-likeness (QED) is 0.381. The zero-order valence-corrected chi connectivity index (χ0v) is 24.8. The van der Waals surface area contributed by atoms with Gasteiger partial charge in [0.15, 0.2) is 0 Å². The number of amides is 1. The average Bonchev–Trinajstić information content (AvgIpc) is 2.95. The number of carbonyl (C=O) groups is 1. The molecule has 3 aliphatic rings. The van der Waals surface area contributed by atoms with Crippen LogP contribution in [-0.4, -0.2) is 68.1 Å². The minimum atomic E-state index is -0.368. The van der Waals surface area contributed by atoms with Crippen LogP contribution in [0.3, 0.4) is 0 Å². The second kappa shape index (κ2) is 11.5. The van der Waals surface area contributed by atoms with Crippen molar-refractivity contribution in [1.82, 2.24) is 9.80 Å². The van der Waals surface area contributed by atoms with Crippen LogP contribution >= 0.6 is 0 Å². The number of methoxy groups -OCH3 is 1. The van der Waals surface area contributed by atoms with Crippen molar-refractivity contribution in [2.45, 2.75) is 51.1 Å². The molecule has 216 valence electrons. The molecular formula is C35H44N4O2. The molecule has 3 aromatic carbocycles. The summed E-state index contributed by atoms with van der Waals surface area (Å²) < 4.78 is 5.34. The molecule has 3 fully saturated rings. The first kappa shape index (κ1) is 27.8. The highest BCUT2D eigenvalue weighted by Gasteiger charge is 2.55. The number of hydrogen-bond donors (Lipinski definition) is 1. The van der Waals surface area contributed by atoms with Gasteiger partial charge in [0.2, 0.25) is 5.91 Å². The summed E-state index contributed by atoms with van der Waals surface area (Å²) in [4.78, 5) is 19.4. The fraction of sp³-hybridized carbons (Fsp3) is 0.457. The second-order valence-electron chi connectivity index (χ2n) is 12.8. The highest BCUT2D eigenvalue weighted by molar-refractivity contribution is 5.93. The number of hydrogen-bond acceptors (Lipinski definition) is 5. The molecule has 1 atom stereocenters. The first-order valence-corrected chi connectivity index (χ1v) is 15.2. The lowest BCUT2D eigenvalue weighted by atomic mass is 9.59. The fourth-order valence-corrected chi connectivity index (χ4v) is 7.41. The Kier molecular flexibility index (Phi) is 7.80. The van der Waals surface area contributed by atoms with Crippen LogP contribution in [0.15, 0.2) is 72.8 Å². The lowest BCUT2D eigenvalue weighted by Crippen LogP contribution is -2.68. The molecule has 2 heterocycles. The maximum Gasteiger partial charge on any atom is 0.248 e. The fourth-order valence-electron chi connectivity index (χ4n) is 7.41. The number of carbonyl (C=O) groups excluding carboxylic acids is 1. The van der Waals surface area contributed by atoms with Gasteiger partial charge >= 0.3 is 0 Å². The molecule has 6 heteroatoms. The third-order valence-corrected chi connectivity index (χ3v) is 9.73. The zero-order valence-electron chi connectivity index (χ0n) is 24.8. The van der Waals surface area contributed by atoms with Crippen LogP contribution in [0.5, 0.6) is 5.75 Å². The molecule has 6 rings (SSSR count). The first-order valence-electron chi connectivity index (χ1n) is 15.2. The topological polar surface area (TPSA) is 62.0 Å². The predicted molar refractivity (Wildman–Crippen MR) is 166 cm³/mol. The van der Waals surface area contributed by atoms with Gasteiger partial charge in [-0.2, -0.15) is 0 Å². The van der Waals surface area contributed by atoms with Crippen LogP contribution in [-0.2, 0) is 6.42 Å². The van der Waals surface area contributed by atoms with Crippen LogP contribution in [0, 0.1) is 5.41 Å². The Balaban J connectivity index is 1.12. The predicted octanol–water partition coefficient (Wildman–Crippen LogP) is 5.49. The SMILES string of the molecule is COc1ccc(CCN2CCN(C3CC4(C3)CN(c3ccc(C(N)=O)cc3)C4)C(c3ccccc3C(C)C)C2)cc1. The van der Waals surface area contributed by atoms with Crippen molar-refractivity contribution in [2.24, 2.45) is 11.1 Å². The van der Waals surface area contributed by atoms with Crippen molar-refractivity contribution < 1.29 is 9.53 Å². The summed E-state index contributed by atoms with van der Waals surface area (Å²) in [6.45, 7) is 11.3. The number of nitrogens with two attached hydrogens (primary N) is 1. The van der Waals surface area contributed by atoms with Crippen molar-refractivity contribution in [3.8, 4) is 5.75 Å². The van der Waals surface area contributed by atoms with Gasteiger partial charge in [0.25, 0.3) is 0 Å². The Hall–Kier alpha value is -3.35. The number of primary amides is 1. The van der Waals surface area contributed by atoms with E-state index in [1.807, 2.05) is 24.3 Å². The van der Waals surface area contributed by atoms with Crippen molar-refractivity contribution >= 4 is 11.6 Å². The molecule has 1 amide bonds. The van der Waals surface area contributed by atoms with Gasteiger partial charge in [-0.15, -0.1) is 0 Å². The van der Waals surface area contributed by atoms with E-state index in [-0.39, 0.29) is 5.91 Å². The first-order chi connectivity index (χ1) is 19.8. The lowest BCUT2D eigenvalue weighted by Gasteiger charge is -2.63. The van der Waals surface area contributed by atoms with Gasteiger partial charge in [0.1, 0.15) is 5.75 Å². The minimum absolute atomic E-state index is 0.368. The van der Waals surface area contributed by atoms with Gasteiger partial charge in [-0.25, -0.2) is 0 Å². The van der Waals surface area contributed by atoms with E-state index in [1.165, 1.54) is 35.2 Å². The molecule has 41 heavy (non-hydrogen) atoms. The third-order valence-electron chi connectivity index (χ3n) is 9.73. The van der Waals surface area contributed by atoms with Crippen molar-refractivity contribution in [2.75, 3.05) is 51.3 Å². The summed E-state index contributed by atoms with van der Waals surface area (Å²) in [5, 5.41) is 0. The van der Waals surface area contributed by atoms with Crippen LogP contribution in [0.25, 0.3) is 0 Å². The van der Waals surface area contributed by atoms with E-state index < -0.39 is 0 Å². The number of anilines is 1. The number of piperazine rings is 1. The van der Waals surface area contributed by atoms with Crippen LogP contribution in [0.4, 0.5) is 5.69 Å². The minimum Gasteiger partial charge on any atom is -0.497 e. The van der Waals surface area contributed by atoms with E-state index in [4.69, 9.17) is 10.5 Å². The molecule has 2 saturated heterocycles. The molecule has 0 aromatic heterocycles. The van der Waals surface area contributed by atoms with Gasteiger partial charge in [0, 0.05) is 68.0 Å². The van der Waals surface area contributed by atoms with E-state index in [0.29, 0.717) is 29.0 Å². The summed E-state index contributed by atoms with van der Waals surface area (Å²) >= 11 is 0. The highest BCUT2D eigenvalue weighted by atomic mass is 16.5.